The number of hydrogen-bond donors (Lipinski definition) is 0. The van der Waals surface area contributed by atoms with E-state index in [0.717, 1.165) is 19.3 Å². The molecular weight excluding hydrogens is 458 g/mol. The summed E-state index contributed by atoms with van der Waals surface area (Å²) in [6.45, 7) is 0. The van der Waals surface area contributed by atoms with Crippen molar-refractivity contribution in [1.29, 1.82) is 0 Å². The molecule has 2 atom stereocenters. The van der Waals surface area contributed by atoms with E-state index in [1.165, 1.54) is 61.5 Å². The van der Waals surface area contributed by atoms with Crippen LogP contribution in [-0.4, -0.2) is 6.04 Å². The molecule has 0 bridgehead atoms. The molecule has 1 heterocycles. The third kappa shape index (κ3) is 3.39. The van der Waals surface area contributed by atoms with Crippen LogP contribution in [-0.2, 0) is 6.42 Å². The van der Waals surface area contributed by atoms with Crippen LogP contribution in [0.25, 0.3) is 27.8 Å². The minimum absolute atomic E-state index is 0.299. The molecule has 1 nitrogen and oxygen atoms in total. The molecule has 0 saturated carbocycles. The molecule has 0 amide bonds. The average molecular weight is 488 g/mol. The van der Waals surface area contributed by atoms with E-state index < -0.39 is 0 Å². The lowest BCUT2D eigenvalue weighted by Crippen LogP contribution is -2.31. The number of benzene rings is 4. The highest BCUT2D eigenvalue weighted by Crippen LogP contribution is 2.51. The maximum absolute atomic E-state index is 2.64. The van der Waals surface area contributed by atoms with E-state index in [9.17, 15) is 0 Å². The van der Waals surface area contributed by atoms with E-state index in [1.807, 2.05) is 0 Å². The van der Waals surface area contributed by atoms with E-state index >= 15 is 0 Å². The van der Waals surface area contributed by atoms with Gasteiger partial charge in [-0.1, -0.05) is 109 Å². The molecule has 4 aromatic rings. The highest BCUT2D eigenvalue weighted by Gasteiger charge is 2.43. The predicted molar refractivity (Wildman–Crippen MR) is 159 cm³/mol. The van der Waals surface area contributed by atoms with Crippen molar-refractivity contribution in [3.8, 4) is 22.3 Å². The molecule has 0 radical (unpaired) electrons. The zero-order valence-corrected chi connectivity index (χ0v) is 21.3. The summed E-state index contributed by atoms with van der Waals surface area (Å²) in [7, 11) is 0. The molecule has 0 spiro atoms. The smallest absolute Gasteiger partial charge is 0.0632 e. The van der Waals surface area contributed by atoms with Crippen LogP contribution in [0, 0.1) is 5.92 Å². The maximum atomic E-state index is 2.64. The van der Waals surface area contributed by atoms with Gasteiger partial charge >= 0.3 is 0 Å². The highest BCUT2D eigenvalue weighted by molar-refractivity contribution is 5.89. The van der Waals surface area contributed by atoms with Crippen LogP contribution in [0.15, 0.2) is 144 Å². The number of nitrogens with zero attached hydrogens (tertiary/aromatic N) is 1. The Kier molecular flexibility index (Phi) is 4.91. The molecule has 1 heteroatoms. The molecule has 1 saturated heterocycles. The molecule has 2 unspecified atom stereocenters. The quantitative estimate of drug-likeness (QED) is 0.279. The number of hydrogen-bond acceptors (Lipinski definition) is 1. The van der Waals surface area contributed by atoms with Gasteiger partial charge in [-0.2, -0.15) is 0 Å². The fourth-order valence-electron chi connectivity index (χ4n) is 6.90. The van der Waals surface area contributed by atoms with Gasteiger partial charge in [0, 0.05) is 17.3 Å². The van der Waals surface area contributed by atoms with Crippen LogP contribution in [0.5, 0.6) is 0 Å². The summed E-state index contributed by atoms with van der Waals surface area (Å²) in [4.78, 5) is 2.64. The Morgan fingerprint density at radius 3 is 2.00 bits per heavy atom. The normalized spacial score (nSPS) is 20.9. The first-order valence-electron chi connectivity index (χ1n) is 13.8. The van der Waals surface area contributed by atoms with Gasteiger partial charge < -0.3 is 4.90 Å². The zero-order chi connectivity index (χ0) is 25.1. The highest BCUT2D eigenvalue weighted by atomic mass is 15.2. The second-order valence-corrected chi connectivity index (χ2v) is 10.8. The summed E-state index contributed by atoms with van der Waals surface area (Å²) in [6.07, 6.45) is 13.4. The van der Waals surface area contributed by atoms with Crippen LogP contribution in [0.4, 0.5) is 5.69 Å². The second-order valence-electron chi connectivity index (χ2n) is 10.8. The Labute approximate surface area is 224 Å². The number of anilines is 1. The van der Waals surface area contributed by atoms with Gasteiger partial charge in [0.25, 0.3) is 0 Å². The van der Waals surface area contributed by atoms with E-state index in [1.54, 1.807) is 0 Å². The number of allylic oxidation sites excluding steroid dienone is 5. The van der Waals surface area contributed by atoms with Crippen LogP contribution in [0.2, 0.25) is 0 Å². The van der Waals surface area contributed by atoms with Gasteiger partial charge in [0.15, 0.2) is 0 Å². The lowest BCUT2D eigenvalue weighted by molar-refractivity contribution is 0.698. The number of fused-ring (bicyclic) bond motifs is 6. The Bertz CT molecular complexity index is 1630. The first-order chi connectivity index (χ1) is 18.8. The van der Waals surface area contributed by atoms with Gasteiger partial charge in [0.2, 0.25) is 0 Å². The Hall–Kier alpha value is -4.36. The van der Waals surface area contributed by atoms with Gasteiger partial charge in [-0.25, -0.2) is 0 Å². The summed E-state index contributed by atoms with van der Waals surface area (Å²) < 4.78 is 0. The molecule has 4 aliphatic rings. The van der Waals surface area contributed by atoms with Crippen LogP contribution in [0.3, 0.4) is 0 Å². The van der Waals surface area contributed by atoms with Crippen molar-refractivity contribution in [2.75, 3.05) is 4.90 Å². The van der Waals surface area contributed by atoms with Gasteiger partial charge in [-0.05, 0) is 87.6 Å². The first-order valence-corrected chi connectivity index (χ1v) is 13.8. The largest absolute Gasteiger partial charge is 0.334 e. The van der Waals surface area contributed by atoms with Crippen LogP contribution in [0.1, 0.15) is 24.0 Å². The van der Waals surface area contributed by atoms with Crippen molar-refractivity contribution in [2.45, 2.75) is 25.3 Å². The summed E-state index contributed by atoms with van der Waals surface area (Å²) in [5, 5.41) is 0. The van der Waals surface area contributed by atoms with Crippen LogP contribution >= 0.6 is 0 Å². The topological polar surface area (TPSA) is 3.24 Å². The minimum atomic E-state index is 0.299. The molecule has 0 aromatic heterocycles. The predicted octanol–water partition coefficient (Wildman–Crippen LogP) is 9.01. The Morgan fingerprint density at radius 1 is 0.605 bits per heavy atom. The average Bonchev–Trinajstić information content (AvgIpc) is 3.51. The zero-order valence-electron chi connectivity index (χ0n) is 21.3. The standard InChI is InChI=1S/C37H29N/c1-3-11-25(12-4-1)28-20-29(26-13-5-2-6-14-26)22-31(21-28)38-36-18-10-9-17-33(36)35-24-34-30(23-37(35)38)19-27-15-7-8-16-32(27)34/h1-8,11-18,20-24,35,37H,9-10,19H2. The summed E-state index contributed by atoms with van der Waals surface area (Å²) in [5.74, 6) is 0.381. The third-order valence-corrected chi connectivity index (χ3v) is 8.61. The van der Waals surface area contributed by atoms with Crippen molar-refractivity contribution in [2.24, 2.45) is 5.92 Å². The summed E-state index contributed by atoms with van der Waals surface area (Å²) >= 11 is 0. The lowest BCUT2D eigenvalue weighted by Gasteiger charge is -2.31. The van der Waals surface area contributed by atoms with Crippen molar-refractivity contribution in [3.63, 3.8) is 0 Å². The molecule has 4 aromatic carbocycles. The summed E-state index contributed by atoms with van der Waals surface area (Å²) in [6, 6.07) is 38.0. The number of rotatable bonds is 3. The van der Waals surface area contributed by atoms with Crippen molar-refractivity contribution in [1.82, 2.24) is 0 Å². The van der Waals surface area contributed by atoms with Crippen molar-refractivity contribution < 1.29 is 0 Å². The summed E-state index contributed by atoms with van der Waals surface area (Å²) in [5.41, 5.74) is 15.0. The van der Waals surface area contributed by atoms with E-state index in [4.69, 9.17) is 0 Å². The molecular formula is C37H29N. The van der Waals surface area contributed by atoms with E-state index in [2.05, 4.69) is 132 Å². The monoisotopic (exact) mass is 487 g/mol. The van der Waals surface area contributed by atoms with Crippen molar-refractivity contribution >= 4 is 11.3 Å². The first kappa shape index (κ1) is 21.7. The molecule has 1 aliphatic heterocycles. The lowest BCUT2D eigenvalue weighted by atomic mass is 9.83. The molecule has 182 valence electrons. The molecule has 0 N–H and O–H groups in total. The SMILES string of the molecule is C1=C2Cc3ccccc3C2=CC2C3=CCCC=C3N(c3cc(-c4ccccc4)cc(-c4ccccc4)c3)C12. The molecule has 1 fully saturated rings. The fourth-order valence-corrected chi connectivity index (χ4v) is 6.90. The second kappa shape index (κ2) is 8.60. The fraction of sp³-hybridized carbons (Fsp3) is 0.135. The third-order valence-electron chi connectivity index (χ3n) is 8.61. The van der Waals surface area contributed by atoms with Crippen molar-refractivity contribution in [3.05, 3.63) is 155 Å². The van der Waals surface area contributed by atoms with Gasteiger partial charge in [0.1, 0.15) is 0 Å². The molecule has 3 aliphatic carbocycles. The van der Waals surface area contributed by atoms with Gasteiger partial charge in [-0.15, -0.1) is 0 Å². The van der Waals surface area contributed by atoms with Gasteiger partial charge in [0.05, 0.1) is 6.04 Å². The maximum Gasteiger partial charge on any atom is 0.0632 e. The van der Waals surface area contributed by atoms with E-state index in [0.29, 0.717) is 12.0 Å². The Morgan fingerprint density at radius 2 is 1.26 bits per heavy atom. The minimum Gasteiger partial charge on any atom is -0.334 e. The van der Waals surface area contributed by atoms with Crippen LogP contribution < -0.4 is 4.90 Å². The molecule has 38 heavy (non-hydrogen) atoms. The van der Waals surface area contributed by atoms with Gasteiger partial charge in [-0.3, -0.25) is 0 Å². The Balaban J connectivity index is 1.31. The molecule has 8 rings (SSSR count). The van der Waals surface area contributed by atoms with E-state index in [-0.39, 0.29) is 0 Å².